The van der Waals surface area contributed by atoms with Gasteiger partial charge in [-0.2, -0.15) is 0 Å². The van der Waals surface area contributed by atoms with Crippen molar-refractivity contribution in [1.29, 1.82) is 0 Å². The molecule has 2 rings (SSSR count). The van der Waals surface area contributed by atoms with Crippen LogP contribution in [0.5, 0.6) is 0 Å². The molecule has 0 bridgehead atoms. The van der Waals surface area contributed by atoms with Gasteiger partial charge in [0.2, 0.25) is 0 Å². The van der Waals surface area contributed by atoms with Gasteiger partial charge in [0.05, 0.1) is 6.10 Å². The largest absolute Gasteiger partial charge is 0.381 e. The summed E-state index contributed by atoms with van der Waals surface area (Å²) in [6.45, 7) is 4.09. The average Bonchev–Trinajstić information content (AvgIpc) is 2.59. The van der Waals surface area contributed by atoms with E-state index in [0.29, 0.717) is 6.10 Å². The van der Waals surface area contributed by atoms with E-state index in [-0.39, 0.29) is 0 Å². The topological polar surface area (TPSA) is 54.9 Å². The number of guanidine groups is 1. The molecule has 0 amide bonds. The van der Waals surface area contributed by atoms with E-state index in [1.54, 1.807) is 7.05 Å². The molecule has 0 radical (unpaired) electrons. The van der Waals surface area contributed by atoms with Crippen molar-refractivity contribution in [1.82, 2.24) is 10.6 Å². The monoisotopic (exact) mass is 305 g/mol. The summed E-state index contributed by atoms with van der Waals surface area (Å²) in [4.78, 5) is 4.23. The molecule has 1 aliphatic rings. The minimum Gasteiger partial charge on any atom is -0.381 e. The van der Waals surface area contributed by atoms with Crippen molar-refractivity contribution in [2.75, 3.05) is 33.4 Å². The molecule has 0 aromatic heterocycles. The Morgan fingerprint density at radius 1 is 1.23 bits per heavy atom. The Hall–Kier alpha value is -1.59. The summed E-state index contributed by atoms with van der Waals surface area (Å²) < 4.78 is 11.2. The normalized spacial score (nSPS) is 16.5. The lowest BCUT2D eigenvalue weighted by Crippen LogP contribution is -2.37. The summed E-state index contributed by atoms with van der Waals surface area (Å²) in [5.41, 5.74) is 1.24. The summed E-state index contributed by atoms with van der Waals surface area (Å²) in [7, 11) is 1.79. The van der Waals surface area contributed by atoms with E-state index in [1.165, 1.54) is 5.56 Å². The number of ether oxygens (including phenoxy) is 2. The Morgan fingerprint density at radius 3 is 2.73 bits per heavy atom. The van der Waals surface area contributed by atoms with Crippen LogP contribution in [-0.4, -0.2) is 45.5 Å². The third kappa shape index (κ3) is 6.45. The maximum Gasteiger partial charge on any atom is 0.191 e. The van der Waals surface area contributed by atoms with Crippen molar-refractivity contribution in [3.63, 3.8) is 0 Å². The summed E-state index contributed by atoms with van der Waals surface area (Å²) in [5.74, 6) is 0.829. The Bertz CT molecular complexity index is 431. The number of aliphatic imine (C=N–C) groups is 1. The van der Waals surface area contributed by atoms with Gasteiger partial charge in [0.25, 0.3) is 0 Å². The first-order valence-electron chi connectivity index (χ1n) is 8.06. The quantitative estimate of drug-likeness (QED) is 0.459. The average molecular weight is 305 g/mol. The number of hydrogen-bond acceptors (Lipinski definition) is 3. The van der Waals surface area contributed by atoms with E-state index >= 15 is 0 Å². The van der Waals surface area contributed by atoms with Crippen LogP contribution in [0.15, 0.2) is 35.3 Å². The van der Waals surface area contributed by atoms with Crippen molar-refractivity contribution in [2.45, 2.75) is 31.9 Å². The second-order valence-electron chi connectivity index (χ2n) is 5.37. The summed E-state index contributed by atoms with van der Waals surface area (Å²) in [5, 5.41) is 6.62. The van der Waals surface area contributed by atoms with Gasteiger partial charge in [-0.1, -0.05) is 30.3 Å². The van der Waals surface area contributed by atoms with Crippen LogP contribution >= 0.6 is 0 Å². The first-order chi connectivity index (χ1) is 10.9. The van der Waals surface area contributed by atoms with E-state index in [4.69, 9.17) is 9.47 Å². The molecular formula is C17H27N3O2. The van der Waals surface area contributed by atoms with Crippen molar-refractivity contribution in [3.05, 3.63) is 35.9 Å². The first kappa shape index (κ1) is 16.8. The first-order valence-corrected chi connectivity index (χ1v) is 8.06. The fourth-order valence-corrected chi connectivity index (χ4v) is 2.37. The molecule has 0 atom stereocenters. The zero-order valence-electron chi connectivity index (χ0n) is 13.4. The molecule has 2 N–H and O–H groups in total. The van der Waals surface area contributed by atoms with Crippen molar-refractivity contribution in [2.24, 2.45) is 4.99 Å². The van der Waals surface area contributed by atoms with Gasteiger partial charge in [-0.3, -0.25) is 4.99 Å². The fraction of sp³-hybridized carbons (Fsp3) is 0.588. The maximum atomic E-state index is 5.85. The lowest BCUT2D eigenvalue weighted by molar-refractivity contribution is -0.0320. The second-order valence-corrected chi connectivity index (χ2v) is 5.37. The molecule has 1 aromatic rings. The third-order valence-electron chi connectivity index (χ3n) is 3.66. The lowest BCUT2D eigenvalue weighted by atomic mass is 10.1. The molecule has 1 fully saturated rings. The molecular weight excluding hydrogens is 278 g/mol. The smallest absolute Gasteiger partial charge is 0.191 e. The Labute approximate surface area is 133 Å². The predicted octanol–water partition coefficient (Wildman–Crippen LogP) is 1.94. The van der Waals surface area contributed by atoms with Crippen LogP contribution in [0.3, 0.4) is 0 Å². The molecule has 1 aliphatic heterocycles. The Kier molecular flexibility index (Phi) is 7.77. The van der Waals surface area contributed by atoms with Gasteiger partial charge in [0.1, 0.15) is 0 Å². The Morgan fingerprint density at radius 2 is 2.00 bits per heavy atom. The van der Waals surface area contributed by atoms with Gasteiger partial charge in [0, 0.05) is 40.0 Å². The highest BCUT2D eigenvalue weighted by molar-refractivity contribution is 5.79. The summed E-state index contributed by atoms with van der Waals surface area (Å²) in [6, 6.07) is 10.3. The number of rotatable bonds is 7. The SMILES string of the molecule is CN=C(NCCCOC1CCOCC1)NCc1ccccc1. The van der Waals surface area contributed by atoms with Crippen molar-refractivity contribution < 1.29 is 9.47 Å². The highest BCUT2D eigenvalue weighted by Crippen LogP contribution is 2.10. The molecule has 1 aromatic carbocycles. The second kappa shape index (κ2) is 10.2. The zero-order chi connectivity index (χ0) is 15.5. The van der Waals surface area contributed by atoms with Crippen LogP contribution in [0.4, 0.5) is 0 Å². The van der Waals surface area contributed by atoms with Gasteiger partial charge in [0.15, 0.2) is 5.96 Å². The number of hydrogen-bond donors (Lipinski definition) is 2. The lowest BCUT2D eigenvalue weighted by Gasteiger charge is -2.22. The van der Waals surface area contributed by atoms with Gasteiger partial charge < -0.3 is 20.1 Å². The molecule has 122 valence electrons. The van der Waals surface area contributed by atoms with Crippen molar-refractivity contribution in [3.8, 4) is 0 Å². The van der Waals surface area contributed by atoms with Crippen molar-refractivity contribution >= 4 is 5.96 Å². The molecule has 5 nitrogen and oxygen atoms in total. The number of nitrogens with one attached hydrogen (secondary N) is 2. The van der Waals surface area contributed by atoms with E-state index < -0.39 is 0 Å². The van der Waals surface area contributed by atoms with Crippen LogP contribution in [-0.2, 0) is 16.0 Å². The summed E-state index contributed by atoms with van der Waals surface area (Å²) >= 11 is 0. The van der Waals surface area contributed by atoms with Crippen LogP contribution in [0.25, 0.3) is 0 Å². The van der Waals surface area contributed by atoms with Crippen LogP contribution in [0.2, 0.25) is 0 Å². The molecule has 0 unspecified atom stereocenters. The van der Waals surface area contributed by atoms with Crippen LogP contribution in [0.1, 0.15) is 24.8 Å². The highest BCUT2D eigenvalue weighted by Gasteiger charge is 2.13. The van der Waals surface area contributed by atoms with Gasteiger partial charge in [-0.25, -0.2) is 0 Å². The van der Waals surface area contributed by atoms with Crippen LogP contribution in [0, 0.1) is 0 Å². The fourth-order valence-electron chi connectivity index (χ4n) is 2.37. The molecule has 1 heterocycles. The predicted molar refractivity (Wildman–Crippen MR) is 89.1 cm³/mol. The molecule has 5 heteroatoms. The molecule has 0 aliphatic carbocycles. The molecule has 22 heavy (non-hydrogen) atoms. The third-order valence-corrected chi connectivity index (χ3v) is 3.66. The van der Waals surface area contributed by atoms with Gasteiger partial charge >= 0.3 is 0 Å². The van der Waals surface area contributed by atoms with E-state index in [1.807, 2.05) is 18.2 Å². The molecule has 0 spiro atoms. The molecule has 0 saturated carbocycles. The number of nitrogens with zero attached hydrogens (tertiary/aromatic N) is 1. The van der Waals surface area contributed by atoms with E-state index in [9.17, 15) is 0 Å². The van der Waals surface area contributed by atoms with Gasteiger partial charge in [-0.15, -0.1) is 0 Å². The zero-order valence-corrected chi connectivity index (χ0v) is 13.4. The standard InChI is InChI=1S/C17H27N3O2/c1-18-17(20-14-15-6-3-2-4-7-15)19-10-5-11-22-16-8-12-21-13-9-16/h2-4,6-7,16H,5,8-14H2,1H3,(H2,18,19,20). The Balaban J connectivity index is 1.54. The van der Waals surface area contributed by atoms with E-state index in [0.717, 1.165) is 58.1 Å². The van der Waals surface area contributed by atoms with Crippen LogP contribution < -0.4 is 10.6 Å². The van der Waals surface area contributed by atoms with Gasteiger partial charge in [-0.05, 0) is 24.8 Å². The summed E-state index contributed by atoms with van der Waals surface area (Å²) in [6.07, 6.45) is 3.40. The molecule has 1 saturated heterocycles. The minimum absolute atomic E-state index is 0.379. The van der Waals surface area contributed by atoms with E-state index in [2.05, 4.69) is 27.8 Å². The minimum atomic E-state index is 0.379. The number of benzene rings is 1. The maximum absolute atomic E-state index is 5.85. The highest BCUT2D eigenvalue weighted by atomic mass is 16.5.